The first kappa shape index (κ1) is 22.7. The summed E-state index contributed by atoms with van der Waals surface area (Å²) in [5.41, 5.74) is -0.632. The number of rotatable bonds is 7. The molecule has 6 nitrogen and oxygen atoms in total. The first-order valence-electron chi connectivity index (χ1n) is 8.68. The molecule has 0 fully saturated rings. The number of ketones is 1. The predicted molar refractivity (Wildman–Crippen MR) is 104 cm³/mol. The Labute approximate surface area is 171 Å². The number of allylic oxidation sites excluding steroid dienone is 1. The smallest absolute Gasteiger partial charge is 0.434 e. The molecule has 0 spiro atoms. The van der Waals surface area contributed by atoms with Crippen molar-refractivity contribution in [3.05, 3.63) is 53.6 Å². The Balaban J connectivity index is 2.38. The number of methoxy groups -OCH3 is 2. The summed E-state index contributed by atoms with van der Waals surface area (Å²) in [5, 5.41) is 0. The highest BCUT2D eigenvalue weighted by atomic mass is 19.4. The zero-order chi connectivity index (χ0) is 22.3. The molecule has 0 unspecified atom stereocenters. The van der Waals surface area contributed by atoms with E-state index in [0.717, 1.165) is 6.20 Å². The van der Waals surface area contributed by atoms with Gasteiger partial charge in [-0.15, -0.1) is 6.42 Å². The Bertz CT molecular complexity index is 956. The minimum absolute atomic E-state index is 0.0683. The molecule has 1 aliphatic rings. The lowest BCUT2D eigenvalue weighted by Crippen LogP contribution is -2.36. The lowest BCUT2D eigenvalue weighted by Gasteiger charge is -2.25. The number of esters is 1. The molecule has 0 saturated carbocycles. The molecular formula is C21H19F3N2O4. The third-order valence-corrected chi connectivity index (χ3v) is 4.12. The highest BCUT2D eigenvalue weighted by molar-refractivity contribution is 6.41. The number of carbonyl (C=O) groups excluding carboxylic acids is 2. The third-order valence-electron chi connectivity index (χ3n) is 4.12. The number of halogens is 3. The molecule has 30 heavy (non-hydrogen) atoms. The van der Waals surface area contributed by atoms with Crippen LogP contribution in [0, 0.1) is 12.3 Å². The summed E-state index contributed by atoms with van der Waals surface area (Å²) >= 11 is 0. The number of hydrogen-bond acceptors (Lipinski definition) is 6. The Hall–Kier alpha value is -3.54. The van der Waals surface area contributed by atoms with Gasteiger partial charge in [0.2, 0.25) is 0 Å². The Kier molecular flexibility index (Phi) is 7.42. The number of nitrogens with zero attached hydrogens (tertiary/aromatic N) is 2. The molecule has 0 saturated heterocycles. The van der Waals surface area contributed by atoms with Crippen LogP contribution in [0.1, 0.15) is 11.1 Å². The maximum Gasteiger partial charge on any atom is 0.434 e. The van der Waals surface area contributed by atoms with E-state index in [1.807, 2.05) is 0 Å². The SMILES string of the molecule is C#CCN1C=C(C(F)(F)F)N=C(C(=O)Cc2ccccc2C(=COC)C(=O)OC)C1. The van der Waals surface area contributed by atoms with Crippen LogP contribution < -0.4 is 0 Å². The molecule has 0 N–H and O–H groups in total. The second-order valence-corrected chi connectivity index (χ2v) is 6.20. The molecule has 0 aromatic heterocycles. The van der Waals surface area contributed by atoms with E-state index in [9.17, 15) is 22.8 Å². The van der Waals surface area contributed by atoms with Crippen molar-refractivity contribution in [3.8, 4) is 12.3 Å². The minimum Gasteiger partial charge on any atom is -0.503 e. The van der Waals surface area contributed by atoms with Crippen molar-refractivity contribution in [2.75, 3.05) is 27.3 Å². The molecule has 0 bridgehead atoms. The highest BCUT2D eigenvalue weighted by Gasteiger charge is 2.37. The van der Waals surface area contributed by atoms with Gasteiger partial charge in [0.1, 0.15) is 11.3 Å². The normalized spacial score (nSPS) is 14.4. The zero-order valence-corrected chi connectivity index (χ0v) is 16.3. The van der Waals surface area contributed by atoms with Crippen molar-refractivity contribution in [2.45, 2.75) is 12.6 Å². The van der Waals surface area contributed by atoms with E-state index in [1.54, 1.807) is 24.3 Å². The van der Waals surface area contributed by atoms with Gasteiger partial charge < -0.3 is 14.4 Å². The maximum absolute atomic E-state index is 13.2. The van der Waals surface area contributed by atoms with Gasteiger partial charge in [-0.25, -0.2) is 9.79 Å². The van der Waals surface area contributed by atoms with Crippen LogP contribution >= 0.6 is 0 Å². The van der Waals surface area contributed by atoms with Crippen LogP contribution in [0.25, 0.3) is 5.57 Å². The average molecular weight is 420 g/mol. The standard InChI is InChI=1S/C21H19F3N2O4/c1-4-9-26-11-17(25-19(12-26)21(22,23)24)18(27)10-14-7-5-6-8-15(14)16(13-29-2)20(28)30-3/h1,5-8,12-13H,9-11H2,2-3H3. The lowest BCUT2D eigenvalue weighted by atomic mass is 9.95. The summed E-state index contributed by atoms with van der Waals surface area (Å²) in [5.74, 6) is 0.941. The number of hydrogen-bond donors (Lipinski definition) is 0. The van der Waals surface area contributed by atoms with Crippen molar-refractivity contribution in [2.24, 2.45) is 4.99 Å². The number of terminal acetylenes is 1. The van der Waals surface area contributed by atoms with Crippen LogP contribution in [0.3, 0.4) is 0 Å². The Morgan fingerprint density at radius 1 is 1.30 bits per heavy atom. The molecule has 1 aromatic carbocycles. The number of Topliss-reactive ketones (excluding diaryl/α,β-unsaturated/α-hetero) is 1. The summed E-state index contributed by atoms with van der Waals surface area (Å²) in [6.07, 6.45) is 2.16. The largest absolute Gasteiger partial charge is 0.503 e. The molecule has 158 valence electrons. The monoisotopic (exact) mass is 420 g/mol. The lowest BCUT2D eigenvalue weighted by molar-refractivity contribution is -0.133. The first-order valence-corrected chi connectivity index (χ1v) is 8.68. The molecule has 0 amide bonds. The van der Waals surface area contributed by atoms with E-state index in [-0.39, 0.29) is 30.8 Å². The Morgan fingerprint density at radius 3 is 2.60 bits per heavy atom. The van der Waals surface area contributed by atoms with Crippen LogP contribution in [0.2, 0.25) is 0 Å². The number of benzene rings is 1. The molecule has 1 aliphatic heterocycles. The molecule has 0 radical (unpaired) electrons. The van der Waals surface area contributed by atoms with Gasteiger partial charge in [0.15, 0.2) is 11.5 Å². The van der Waals surface area contributed by atoms with Crippen LogP contribution in [0.4, 0.5) is 13.2 Å². The maximum atomic E-state index is 13.2. The molecule has 1 aromatic rings. The zero-order valence-electron chi connectivity index (χ0n) is 16.3. The summed E-state index contributed by atoms with van der Waals surface area (Å²) in [6.45, 7) is -0.256. The number of alkyl halides is 3. The van der Waals surface area contributed by atoms with E-state index in [0.29, 0.717) is 11.1 Å². The van der Waals surface area contributed by atoms with Crippen molar-refractivity contribution in [1.29, 1.82) is 0 Å². The Morgan fingerprint density at radius 2 is 2.00 bits per heavy atom. The summed E-state index contributed by atoms with van der Waals surface area (Å²) in [7, 11) is 2.54. The van der Waals surface area contributed by atoms with Gasteiger partial charge in [-0.3, -0.25) is 4.79 Å². The van der Waals surface area contributed by atoms with E-state index in [2.05, 4.69) is 10.9 Å². The summed E-state index contributed by atoms with van der Waals surface area (Å²) in [4.78, 5) is 29.6. The van der Waals surface area contributed by atoms with Gasteiger partial charge in [0, 0.05) is 12.6 Å². The van der Waals surface area contributed by atoms with E-state index in [4.69, 9.17) is 15.9 Å². The van der Waals surface area contributed by atoms with Gasteiger partial charge in [-0.2, -0.15) is 13.2 Å². The van der Waals surface area contributed by atoms with Gasteiger partial charge in [0.05, 0.1) is 33.6 Å². The topological polar surface area (TPSA) is 68.2 Å². The van der Waals surface area contributed by atoms with Crippen LogP contribution in [-0.2, 0) is 25.5 Å². The second kappa shape index (κ2) is 9.78. The quantitative estimate of drug-likeness (QED) is 0.294. The first-order chi connectivity index (χ1) is 14.2. The number of ether oxygens (including phenoxy) is 2. The van der Waals surface area contributed by atoms with E-state index >= 15 is 0 Å². The van der Waals surface area contributed by atoms with Gasteiger partial charge >= 0.3 is 12.1 Å². The van der Waals surface area contributed by atoms with Crippen LogP contribution in [0.15, 0.2) is 47.4 Å². The van der Waals surface area contributed by atoms with Crippen molar-refractivity contribution in [3.63, 3.8) is 0 Å². The number of aliphatic imine (C=N–C) groups is 1. The fourth-order valence-corrected chi connectivity index (χ4v) is 2.79. The average Bonchev–Trinajstić information content (AvgIpc) is 2.71. The van der Waals surface area contributed by atoms with Crippen molar-refractivity contribution < 1.29 is 32.2 Å². The molecule has 0 atom stereocenters. The second-order valence-electron chi connectivity index (χ2n) is 6.20. The molecule has 9 heteroatoms. The van der Waals surface area contributed by atoms with Crippen LogP contribution in [0.5, 0.6) is 0 Å². The third kappa shape index (κ3) is 5.50. The molecule has 1 heterocycles. The van der Waals surface area contributed by atoms with E-state index in [1.165, 1.54) is 25.4 Å². The van der Waals surface area contributed by atoms with Crippen molar-refractivity contribution in [1.82, 2.24) is 4.90 Å². The molecule has 2 rings (SSSR count). The van der Waals surface area contributed by atoms with Crippen molar-refractivity contribution >= 4 is 23.0 Å². The molecular weight excluding hydrogens is 401 g/mol. The minimum atomic E-state index is -4.73. The fourth-order valence-electron chi connectivity index (χ4n) is 2.79. The predicted octanol–water partition coefficient (Wildman–Crippen LogP) is 2.75. The summed E-state index contributed by atoms with van der Waals surface area (Å²) < 4.78 is 49.1. The highest BCUT2D eigenvalue weighted by Crippen LogP contribution is 2.29. The van der Waals surface area contributed by atoms with Gasteiger partial charge in [-0.05, 0) is 11.1 Å². The van der Waals surface area contributed by atoms with Gasteiger partial charge in [-0.1, -0.05) is 30.2 Å². The molecule has 0 aliphatic carbocycles. The van der Waals surface area contributed by atoms with Gasteiger partial charge in [0.25, 0.3) is 0 Å². The fraction of sp³-hybridized carbons (Fsp3) is 0.286. The number of carbonyl (C=O) groups is 2. The van der Waals surface area contributed by atoms with E-state index < -0.39 is 23.6 Å². The van der Waals surface area contributed by atoms with Crippen LogP contribution in [-0.4, -0.2) is 55.8 Å². The summed E-state index contributed by atoms with van der Waals surface area (Å²) in [6, 6.07) is 6.46.